The molecule has 1 N–H and O–H groups in total. The number of H-pyrrole nitrogens is 1. The highest BCUT2D eigenvalue weighted by Crippen LogP contribution is 2.29. The Morgan fingerprint density at radius 3 is 2.65 bits per heavy atom. The lowest BCUT2D eigenvalue weighted by molar-refractivity contribution is 0.0228. The fraction of sp³-hybridized carbons (Fsp3) is 0.500. The van der Waals surface area contributed by atoms with Crippen molar-refractivity contribution < 1.29 is 19.1 Å². The minimum Gasteiger partial charge on any atom is -0.465 e. The highest BCUT2D eigenvalue weighted by Gasteiger charge is 2.25. The first-order chi connectivity index (χ1) is 12.3. The van der Waals surface area contributed by atoms with Gasteiger partial charge in [0.2, 0.25) is 0 Å². The predicted octanol–water partition coefficient (Wildman–Crippen LogP) is 4.03. The van der Waals surface area contributed by atoms with Crippen LogP contribution in [0.15, 0.2) is 18.2 Å². The predicted molar refractivity (Wildman–Crippen MR) is 99.2 cm³/mol. The van der Waals surface area contributed by atoms with Gasteiger partial charge in [-0.25, -0.2) is 9.59 Å². The monoisotopic (exact) mass is 358 g/mol. The van der Waals surface area contributed by atoms with Gasteiger partial charge in [0.1, 0.15) is 5.60 Å². The highest BCUT2D eigenvalue weighted by atomic mass is 16.6. The average molecular weight is 358 g/mol. The molecular weight excluding hydrogens is 332 g/mol. The summed E-state index contributed by atoms with van der Waals surface area (Å²) in [6.07, 6.45) is 2.55. The van der Waals surface area contributed by atoms with E-state index in [2.05, 4.69) is 4.98 Å². The molecule has 0 unspecified atom stereocenters. The van der Waals surface area contributed by atoms with Gasteiger partial charge in [0.05, 0.1) is 19.2 Å². The zero-order chi connectivity index (χ0) is 18.9. The summed E-state index contributed by atoms with van der Waals surface area (Å²) in [4.78, 5) is 29.7. The molecule has 0 aliphatic carbocycles. The Balaban J connectivity index is 1.98. The topological polar surface area (TPSA) is 71.6 Å². The van der Waals surface area contributed by atoms with Crippen LogP contribution in [-0.4, -0.2) is 41.2 Å². The third kappa shape index (κ3) is 3.84. The van der Waals surface area contributed by atoms with E-state index in [0.717, 1.165) is 41.4 Å². The van der Waals surface area contributed by atoms with E-state index in [-0.39, 0.29) is 12.1 Å². The van der Waals surface area contributed by atoms with Crippen LogP contribution in [0.1, 0.15) is 55.2 Å². The number of nitrogens with zero attached hydrogens (tertiary/aromatic N) is 1. The fourth-order valence-electron chi connectivity index (χ4n) is 3.30. The van der Waals surface area contributed by atoms with E-state index in [4.69, 9.17) is 9.47 Å². The summed E-state index contributed by atoms with van der Waals surface area (Å²) in [5.74, 6) is -0.364. The first-order valence-corrected chi connectivity index (χ1v) is 8.98. The molecule has 0 bridgehead atoms. The summed E-state index contributed by atoms with van der Waals surface area (Å²) in [5, 5.41) is 0.957. The molecule has 2 aromatic rings. The molecule has 140 valence electrons. The highest BCUT2D eigenvalue weighted by molar-refractivity contribution is 5.96. The van der Waals surface area contributed by atoms with E-state index in [0.29, 0.717) is 18.7 Å². The number of methoxy groups -OCH3 is 1. The molecule has 1 aromatic heterocycles. The molecule has 1 aromatic carbocycles. The Morgan fingerprint density at radius 1 is 1.19 bits per heavy atom. The number of aromatic nitrogens is 1. The van der Waals surface area contributed by atoms with Crippen molar-refractivity contribution in [3.8, 4) is 0 Å². The van der Waals surface area contributed by atoms with Crippen LogP contribution in [0.25, 0.3) is 10.9 Å². The lowest BCUT2D eigenvalue weighted by Crippen LogP contribution is -2.37. The van der Waals surface area contributed by atoms with Crippen molar-refractivity contribution in [3.63, 3.8) is 0 Å². The molecule has 0 atom stereocenters. The van der Waals surface area contributed by atoms with Gasteiger partial charge in [-0.05, 0) is 58.2 Å². The van der Waals surface area contributed by atoms with Crippen molar-refractivity contribution >= 4 is 23.0 Å². The lowest BCUT2D eigenvalue weighted by atomic mass is 10.0. The minimum absolute atomic E-state index is 0.302. The Labute approximate surface area is 153 Å². The van der Waals surface area contributed by atoms with Gasteiger partial charge in [0, 0.05) is 28.7 Å². The number of esters is 1. The molecule has 1 amide bonds. The van der Waals surface area contributed by atoms with Crippen LogP contribution in [0.5, 0.6) is 0 Å². The summed E-state index contributed by atoms with van der Waals surface area (Å²) >= 11 is 0. The van der Waals surface area contributed by atoms with Gasteiger partial charge in [0.15, 0.2) is 0 Å². The summed E-state index contributed by atoms with van der Waals surface area (Å²) in [6, 6.07) is 5.49. The second kappa shape index (κ2) is 7.02. The molecule has 1 aliphatic rings. The second-order valence-corrected chi connectivity index (χ2v) is 7.69. The quantitative estimate of drug-likeness (QED) is 0.781. The molecule has 6 heteroatoms. The fourth-order valence-corrected chi connectivity index (χ4v) is 3.30. The molecule has 2 heterocycles. The van der Waals surface area contributed by atoms with Crippen LogP contribution in [0.3, 0.4) is 0 Å². The molecule has 0 fully saturated rings. The van der Waals surface area contributed by atoms with Crippen LogP contribution in [0.4, 0.5) is 4.79 Å². The number of ether oxygens (including phenoxy) is 2. The largest absolute Gasteiger partial charge is 0.465 e. The second-order valence-electron chi connectivity index (χ2n) is 7.69. The van der Waals surface area contributed by atoms with Crippen LogP contribution >= 0.6 is 0 Å². The Kier molecular flexibility index (Phi) is 4.94. The number of fused-ring (bicyclic) bond motifs is 3. The van der Waals surface area contributed by atoms with Crippen molar-refractivity contribution in [2.45, 2.75) is 52.2 Å². The van der Waals surface area contributed by atoms with Gasteiger partial charge in [-0.1, -0.05) is 0 Å². The zero-order valence-electron chi connectivity index (χ0n) is 15.8. The summed E-state index contributed by atoms with van der Waals surface area (Å²) in [5.41, 5.74) is 3.12. The number of amides is 1. The number of nitrogens with one attached hydrogen (secondary N) is 1. The number of carbonyl (C=O) groups is 2. The molecule has 0 radical (unpaired) electrons. The van der Waals surface area contributed by atoms with Gasteiger partial charge in [-0.15, -0.1) is 0 Å². The SMILES string of the molecule is COC(=O)c1ccc2[nH]c3c(c2c1)CN(C(=O)OC(C)(C)C)CCCC3. The maximum absolute atomic E-state index is 12.6. The lowest BCUT2D eigenvalue weighted by Gasteiger charge is -2.28. The normalized spacial score (nSPS) is 15.2. The summed E-state index contributed by atoms with van der Waals surface area (Å²) in [6.45, 7) is 6.74. The van der Waals surface area contributed by atoms with E-state index in [1.165, 1.54) is 7.11 Å². The third-order valence-corrected chi connectivity index (χ3v) is 4.52. The van der Waals surface area contributed by atoms with Crippen LogP contribution < -0.4 is 0 Å². The van der Waals surface area contributed by atoms with Crippen LogP contribution in [-0.2, 0) is 22.4 Å². The van der Waals surface area contributed by atoms with E-state index in [1.54, 1.807) is 11.0 Å². The number of hydrogen-bond acceptors (Lipinski definition) is 4. The van der Waals surface area contributed by atoms with Crippen molar-refractivity contribution in [1.29, 1.82) is 0 Å². The molecule has 1 aliphatic heterocycles. The van der Waals surface area contributed by atoms with Gasteiger partial charge in [0.25, 0.3) is 0 Å². The molecule has 3 rings (SSSR count). The summed E-state index contributed by atoms with van der Waals surface area (Å²) < 4.78 is 10.4. The molecule has 0 saturated carbocycles. The Morgan fingerprint density at radius 2 is 1.96 bits per heavy atom. The van der Waals surface area contributed by atoms with Gasteiger partial charge in [-0.2, -0.15) is 0 Å². The van der Waals surface area contributed by atoms with E-state index in [9.17, 15) is 9.59 Å². The third-order valence-electron chi connectivity index (χ3n) is 4.52. The maximum Gasteiger partial charge on any atom is 0.410 e. The number of aryl methyl sites for hydroxylation is 1. The van der Waals surface area contributed by atoms with E-state index >= 15 is 0 Å². The summed E-state index contributed by atoms with van der Waals surface area (Å²) in [7, 11) is 1.37. The standard InChI is InChI=1S/C20H26N2O4/c1-20(2,3)26-19(24)22-10-6-5-7-16-15(12-22)14-11-13(18(23)25-4)8-9-17(14)21-16/h8-9,11,21H,5-7,10,12H2,1-4H3. The number of rotatable bonds is 1. The number of carbonyl (C=O) groups excluding carboxylic acids is 2. The number of aromatic amines is 1. The molecule has 0 spiro atoms. The minimum atomic E-state index is -0.527. The van der Waals surface area contributed by atoms with Crippen molar-refractivity contribution in [2.24, 2.45) is 0 Å². The first-order valence-electron chi connectivity index (χ1n) is 8.98. The van der Waals surface area contributed by atoms with Crippen LogP contribution in [0.2, 0.25) is 0 Å². The molecule has 26 heavy (non-hydrogen) atoms. The van der Waals surface area contributed by atoms with Gasteiger partial charge >= 0.3 is 12.1 Å². The van der Waals surface area contributed by atoms with Gasteiger partial charge < -0.3 is 19.4 Å². The smallest absolute Gasteiger partial charge is 0.410 e. The Hall–Kier alpha value is -2.50. The average Bonchev–Trinajstić information content (AvgIpc) is 2.88. The molecule has 6 nitrogen and oxygen atoms in total. The zero-order valence-corrected chi connectivity index (χ0v) is 15.8. The first kappa shape index (κ1) is 18.3. The number of benzene rings is 1. The van der Waals surface area contributed by atoms with E-state index < -0.39 is 5.60 Å². The van der Waals surface area contributed by atoms with Gasteiger partial charge in [-0.3, -0.25) is 0 Å². The van der Waals surface area contributed by atoms with Crippen LogP contribution in [0, 0.1) is 0 Å². The maximum atomic E-state index is 12.6. The number of hydrogen-bond donors (Lipinski definition) is 1. The van der Waals surface area contributed by atoms with Crippen molar-refractivity contribution in [1.82, 2.24) is 9.88 Å². The molecular formula is C20H26N2O4. The molecule has 0 saturated heterocycles. The van der Waals surface area contributed by atoms with Crippen molar-refractivity contribution in [3.05, 3.63) is 35.0 Å². The Bertz CT molecular complexity index is 832. The van der Waals surface area contributed by atoms with Crippen molar-refractivity contribution in [2.75, 3.05) is 13.7 Å². The van der Waals surface area contributed by atoms with E-state index in [1.807, 2.05) is 32.9 Å².